The Kier molecular flexibility index (Phi) is 5.84. The molecule has 112 valence electrons. The SMILES string of the molecule is COCCNCc1ccnc(-c2ccc(C(C)C)cc2)n1. The molecule has 0 saturated carbocycles. The summed E-state index contributed by atoms with van der Waals surface area (Å²) in [5.41, 5.74) is 3.37. The summed E-state index contributed by atoms with van der Waals surface area (Å²) in [5.74, 6) is 1.31. The van der Waals surface area contributed by atoms with E-state index >= 15 is 0 Å². The monoisotopic (exact) mass is 285 g/mol. The average Bonchev–Trinajstić information content (AvgIpc) is 2.52. The van der Waals surface area contributed by atoms with E-state index in [-0.39, 0.29) is 0 Å². The predicted molar refractivity (Wildman–Crippen MR) is 85.1 cm³/mol. The van der Waals surface area contributed by atoms with Crippen LogP contribution in [0.25, 0.3) is 11.4 Å². The summed E-state index contributed by atoms with van der Waals surface area (Å²) in [7, 11) is 1.70. The van der Waals surface area contributed by atoms with Crippen molar-refractivity contribution in [3.8, 4) is 11.4 Å². The number of nitrogens with zero attached hydrogens (tertiary/aromatic N) is 2. The van der Waals surface area contributed by atoms with Crippen molar-refractivity contribution in [2.75, 3.05) is 20.3 Å². The highest BCUT2D eigenvalue weighted by molar-refractivity contribution is 5.55. The summed E-state index contributed by atoms with van der Waals surface area (Å²) in [6.45, 7) is 6.63. The van der Waals surface area contributed by atoms with Gasteiger partial charge in [-0.1, -0.05) is 38.1 Å². The lowest BCUT2D eigenvalue weighted by atomic mass is 10.0. The van der Waals surface area contributed by atoms with Crippen LogP contribution in [0, 0.1) is 0 Å². The normalized spacial score (nSPS) is 11.0. The Morgan fingerprint density at radius 2 is 1.90 bits per heavy atom. The Morgan fingerprint density at radius 1 is 1.14 bits per heavy atom. The molecular weight excluding hydrogens is 262 g/mol. The number of ether oxygens (including phenoxy) is 1. The Hall–Kier alpha value is -1.78. The molecule has 1 aromatic carbocycles. The molecule has 0 aliphatic carbocycles. The molecule has 21 heavy (non-hydrogen) atoms. The van der Waals surface area contributed by atoms with Gasteiger partial charge < -0.3 is 10.1 Å². The maximum absolute atomic E-state index is 5.01. The Labute approximate surface area is 126 Å². The largest absolute Gasteiger partial charge is 0.383 e. The summed E-state index contributed by atoms with van der Waals surface area (Å²) in [6, 6.07) is 10.4. The van der Waals surface area contributed by atoms with Crippen LogP contribution in [0.3, 0.4) is 0 Å². The topological polar surface area (TPSA) is 47.0 Å². The number of nitrogens with one attached hydrogen (secondary N) is 1. The van der Waals surface area contributed by atoms with Crippen LogP contribution in [0.5, 0.6) is 0 Å². The summed E-state index contributed by atoms with van der Waals surface area (Å²) in [5, 5.41) is 3.29. The van der Waals surface area contributed by atoms with E-state index in [1.165, 1.54) is 5.56 Å². The molecule has 0 radical (unpaired) electrons. The molecule has 0 aliphatic heterocycles. The Balaban J connectivity index is 2.06. The lowest BCUT2D eigenvalue weighted by Crippen LogP contribution is -2.19. The first-order valence-electron chi connectivity index (χ1n) is 7.32. The lowest BCUT2D eigenvalue weighted by Gasteiger charge is -2.08. The molecule has 0 atom stereocenters. The van der Waals surface area contributed by atoms with Crippen molar-refractivity contribution in [3.63, 3.8) is 0 Å². The fourth-order valence-electron chi connectivity index (χ4n) is 2.04. The van der Waals surface area contributed by atoms with Gasteiger partial charge in [-0.25, -0.2) is 9.97 Å². The van der Waals surface area contributed by atoms with Gasteiger partial charge in [-0.15, -0.1) is 0 Å². The zero-order valence-electron chi connectivity index (χ0n) is 13.0. The van der Waals surface area contributed by atoms with E-state index in [1.807, 2.05) is 12.3 Å². The molecule has 0 bridgehead atoms. The average molecular weight is 285 g/mol. The minimum atomic E-state index is 0.538. The standard InChI is InChI=1S/C17H23N3O/c1-13(2)14-4-6-15(7-5-14)17-19-9-8-16(20-17)12-18-10-11-21-3/h4-9,13,18H,10-12H2,1-3H3. The van der Waals surface area contributed by atoms with E-state index in [2.05, 4.69) is 53.4 Å². The molecule has 4 heteroatoms. The number of hydrogen-bond acceptors (Lipinski definition) is 4. The van der Waals surface area contributed by atoms with Crippen LogP contribution in [-0.2, 0) is 11.3 Å². The molecule has 4 nitrogen and oxygen atoms in total. The number of hydrogen-bond donors (Lipinski definition) is 1. The van der Waals surface area contributed by atoms with Crippen molar-refractivity contribution >= 4 is 0 Å². The molecule has 2 aromatic rings. The number of benzene rings is 1. The fourth-order valence-corrected chi connectivity index (χ4v) is 2.04. The van der Waals surface area contributed by atoms with E-state index in [9.17, 15) is 0 Å². The third-order valence-electron chi connectivity index (χ3n) is 3.34. The highest BCUT2D eigenvalue weighted by Gasteiger charge is 2.04. The van der Waals surface area contributed by atoms with Gasteiger partial charge in [-0.05, 0) is 17.5 Å². The van der Waals surface area contributed by atoms with Crippen LogP contribution >= 0.6 is 0 Å². The second kappa shape index (κ2) is 7.86. The minimum absolute atomic E-state index is 0.538. The zero-order chi connectivity index (χ0) is 15.1. The van der Waals surface area contributed by atoms with Gasteiger partial charge in [-0.2, -0.15) is 0 Å². The van der Waals surface area contributed by atoms with Crippen LogP contribution in [0.4, 0.5) is 0 Å². The van der Waals surface area contributed by atoms with Crippen molar-refractivity contribution in [1.29, 1.82) is 0 Å². The first kappa shape index (κ1) is 15.6. The lowest BCUT2D eigenvalue weighted by molar-refractivity contribution is 0.199. The zero-order valence-corrected chi connectivity index (χ0v) is 13.0. The minimum Gasteiger partial charge on any atom is -0.383 e. The van der Waals surface area contributed by atoms with Gasteiger partial charge in [0, 0.05) is 32.0 Å². The fraction of sp³-hybridized carbons (Fsp3) is 0.412. The van der Waals surface area contributed by atoms with Crippen LogP contribution < -0.4 is 5.32 Å². The molecule has 0 unspecified atom stereocenters. The van der Waals surface area contributed by atoms with Crippen molar-refractivity contribution in [1.82, 2.24) is 15.3 Å². The summed E-state index contributed by atoms with van der Waals surface area (Å²) < 4.78 is 5.01. The highest BCUT2D eigenvalue weighted by Crippen LogP contribution is 2.19. The first-order valence-corrected chi connectivity index (χ1v) is 7.32. The van der Waals surface area contributed by atoms with E-state index < -0.39 is 0 Å². The molecular formula is C17H23N3O. The van der Waals surface area contributed by atoms with Crippen molar-refractivity contribution in [2.24, 2.45) is 0 Å². The second-order valence-corrected chi connectivity index (χ2v) is 5.32. The van der Waals surface area contributed by atoms with Crippen molar-refractivity contribution < 1.29 is 4.74 Å². The molecule has 0 saturated heterocycles. The Morgan fingerprint density at radius 3 is 2.57 bits per heavy atom. The second-order valence-electron chi connectivity index (χ2n) is 5.32. The third kappa shape index (κ3) is 4.62. The van der Waals surface area contributed by atoms with Crippen molar-refractivity contribution in [3.05, 3.63) is 47.8 Å². The van der Waals surface area contributed by atoms with E-state index in [0.717, 1.165) is 30.2 Å². The molecule has 1 heterocycles. The van der Waals surface area contributed by atoms with Gasteiger partial charge in [0.1, 0.15) is 0 Å². The quantitative estimate of drug-likeness (QED) is 0.794. The van der Waals surface area contributed by atoms with Gasteiger partial charge in [0.25, 0.3) is 0 Å². The van der Waals surface area contributed by atoms with Gasteiger partial charge in [0.15, 0.2) is 5.82 Å². The molecule has 0 aliphatic rings. The third-order valence-corrected chi connectivity index (χ3v) is 3.34. The molecule has 0 amide bonds. The summed E-state index contributed by atoms with van der Waals surface area (Å²) in [6.07, 6.45) is 1.81. The van der Waals surface area contributed by atoms with E-state index in [4.69, 9.17) is 4.74 Å². The maximum atomic E-state index is 5.01. The van der Waals surface area contributed by atoms with Crippen LogP contribution in [0.1, 0.15) is 31.0 Å². The van der Waals surface area contributed by atoms with E-state index in [1.54, 1.807) is 7.11 Å². The Bertz CT molecular complexity index is 552. The highest BCUT2D eigenvalue weighted by atomic mass is 16.5. The van der Waals surface area contributed by atoms with Gasteiger partial charge in [0.05, 0.1) is 12.3 Å². The van der Waals surface area contributed by atoms with Crippen molar-refractivity contribution in [2.45, 2.75) is 26.3 Å². The predicted octanol–water partition coefficient (Wildman–Crippen LogP) is 3.00. The number of methoxy groups -OCH3 is 1. The van der Waals surface area contributed by atoms with Gasteiger partial charge in [0.2, 0.25) is 0 Å². The molecule has 2 rings (SSSR count). The summed E-state index contributed by atoms with van der Waals surface area (Å²) >= 11 is 0. The van der Waals surface area contributed by atoms with Crippen LogP contribution in [0.15, 0.2) is 36.5 Å². The maximum Gasteiger partial charge on any atom is 0.159 e. The van der Waals surface area contributed by atoms with Crippen LogP contribution in [-0.4, -0.2) is 30.2 Å². The number of aromatic nitrogens is 2. The molecule has 0 fully saturated rings. The van der Waals surface area contributed by atoms with Crippen LogP contribution in [0.2, 0.25) is 0 Å². The summed E-state index contributed by atoms with van der Waals surface area (Å²) in [4.78, 5) is 8.97. The molecule has 1 N–H and O–H groups in total. The van der Waals surface area contributed by atoms with Gasteiger partial charge in [-0.3, -0.25) is 0 Å². The molecule has 1 aromatic heterocycles. The first-order chi connectivity index (χ1) is 10.2. The van der Waals surface area contributed by atoms with Gasteiger partial charge >= 0.3 is 0 Å². The van der Waals surface area contributed by atoms with E-state index in [0.29, 0.717) is 12.5 Å². The smallest absolute Gasteiger partial charge is 0.159 e. The number of rotatable bonds is 7. The molecule has 0 spiro atoms.